The number of amides is 2. The van der Waals surface area contributed by atoms with Crippen LogP contribution in [0.2, 0.25) is 0 Å². The smallest absolute Gasteiger partial charge is 0.271 e. The number of halogens is 1. The van der Waals surface area contributed by atoms with Gasteiger partial charge in [0, 0.05) is 28.2 Å². The van der Waals surface area contributed by atoms with Crippen molar-refractivity contribution in [3.8, 4) is 5.75 Å². The molecule has 0 unspecified atom stereocenters. The van der Waals surface area contributed by atoms with Gasteiger partial charge in [-0.25, -0.2) is 5.43 Å². The maximum absolute atomic E-state index is 12.1. The van der Waals surface area contributed by atoms with Crippen molar-refractivity contribution in [2.75, 3.05) is 11.9 Å². The van der Waals surface area contributed by atoms with Gasteiger partial charge in [-0.15, -0.1) is 0 Å². The van der Waals surface area contributed by atoms with E-state index in [1.165, 1.54) is 13.1 Å². The van der Waals surface area contributed by atoms with Gasteiger partial charge >= 0.3 is 0 Å². The van der Waals surface area contributed by atoms with E-state index in [2.05, 4.69) is 38.4 Å². The van der Waals surface area contributed by atoms with Gasteiger partial charge in [0.05, 0.1) is 6.21 Å². The lowest BCUT2D eigenvalue weighted by atomic mass is 10.2. The first-order valence-corrected chi connectivity index (χ1v) is 8.53. The van der Waals surface area contributed by atoms with Crippen LogP contribution in [-0.2, 0) is 4.79 Å². The van der Waals surface area contributed by atoms with Crippen LogP contribution in [0.15, 0.2) is 64.7 Å². The molecule has 2 N–H and O–H groups in total. The number of carbonyl (C=O) groups excluding carboxylic acids is 2. The van der Waals surface area contributed by atoms with Gasteiger partial charge < -0.3 is 10.1 Å². The highest BCUT2D eigenvalue weighted by atomic mass is 79.9. The first-order chi connectivity index (χ1) is 12.5. The van der Waals surface area contributed by atoms with Crippen molar-refractivity contribution in [3.63, 3.8) is 0 Å². The van der Waals surface area contributed by atoms with Crippen molar-refractivity contribution in [3.05, 3.63) is 70.7 Å². The van der Waals surface area contributed by atoms with Gasteiger partial charge in [-0.2, -0.15) is 5.10 Å². The molecule has 0 saturated heterocycles. The predicted molar refractivity (Wildman–Crippen MR) is 106 cm³/mol. The zero-order chi connectivity index (χ0) is 18.9. The molecule has 0 bridgehead atoms. The molecule has 26 heavy (non-hydrogen) atoms. The van der Waals surface area contributed by atoms with Crippen molar-refractivity contribution < 1.29 is 14.3 Å². The Bertz CT molecular complexity index is 832. The number of hydrogen-bond acceptors (Lipinski definition) is 4. The fourth-order valence-electron chi connectivity index (χ4n) is 2.03. The number of anilines is 1. The monoisotopic (exact) mass is 415 g/mol. The second-order valence-corrected chi connectivity index (χ2v) is 6.16. The van der Waals surface area contributed by atoms with Gasteiger partial charge in [-0.05, 0) is 42.5 Å². The maximum Gasteiger partial charge on any atom is 0.271 e. The Morgan fingerprint density at radius 1 is 1.23 bits per heavy atom. The molecule has 0 atom stereocenters. The van der Waals surface area contributed by atoms with Crippen molar-refractivity contribution >= 4 is 39.6 Å². The molecule has 0 fully saturated rings. The summed E-state index contributed by atoms with van der Waals surface area (Å²) in [4.78, 5) is 23.1. The van der Waals surface area contributed by atoms with Gasteiger partial charge in [-0.3, -0.25) is 9.59 Å². The van der Waals surface area contributed by atoms with Crippen LogP contribution in [0.1, 0.15) is 22.8 Å². The molecule has 6 nitrogen and oxygen atoms in total. The summed E-state index contributed by atoms with van der Waals surface area (Å²) in [5, 5.41) is 6.62. The number of nitrogens with zero attached hydrogens (tertiary/aromatic N) is 1. The average Bonchev–Trinajstić information content (AvgIpc) is 2.61. The quantitative estimate of drug-likeness (QED) is 0.410. The lowest BCUT2D eigenvalue weighted by Crippen LogP contribution is -2.17. The third kappa shape index (κ3) is 5.86. The highest BCUT2D eigenvalue weighted by Crippen LogP contribution is 2.21. The summed E-state index contributed by atoms with van der Waals surface area (Å²) in [6.45, 7) is 5.41. The van der Waals surface area contributed by atoms with Crippen molar-refractivity contribution in [2.24, 2.45) is 5.10 Å². The molecule has 2 aromatic carbocycles. The minimum atomic E-state index is -0.362. The minimum absolute atomic E-state index is 0.171. The Morgan fingerprint density at radius 2 is 1.96 bits per heavy atom. The zero-order valence-electron chi connectivity index (χ0n) is 14.2. The van der Waals surface area contributed by atoms with E-state index in [9.17, 15) is 9.59 Å². The largest absolute Gasteiger partial charge is 0.489 e. The van der Waals surface area contributed by atoms with Gasteiger partial charge in [0.15, 0.2) is 0 Å². The molecule has 0 aromatic heterocycles. The van der Waals surface area contributed by atoms with E-state index in [4.69, 9.17) is 4.74 Å². The van der Waals surface area contributed by atoms with Crippen LogP contribution < -0.4 is 15.5 Å². The normalized spacial score (nSPS) is 10.4. The lowest BCUT2D eigenvalue weighted by molar-refractivity contribution is -0.114. The Morgan fingerprint density at radius 3 is 2.62 bits per heavy atom. The van der Waals surface area contributed by atoms with Gasteiger partial charge in [0.25, 0.3) is 5.91 Å². The van der Waals surface area contributed by atoms with Gasteiger partial charge in [0.2, 0.25) is 5.91 Å². The number of rotatable bonds is 7. The standard InChI is InChI=1S/C19H18BrN3O3/c1-3-10-26-18-9-6-16(20)11-15(18)12-21-23-19(25)14-4-7-17(8-5-14)22-13(2)24/h3-9,11-12H,1,10H2,2H3,(H,22,24)(H,23,25). The van der Waals surface area contributed by atoms with Crippen LogP contribution >= 0.6 is 15.9 Å². The first-order valence-electron chi connectivity index (χ1n) is 7.74. The van der Waals surface area contributed by atoms with Crippen LogP contribution in [0.5, 0.6) is 5.75 Å². The first kappa shape index (κ1) is 19.4. The third-order valence-electron chi connectivity index (χ3n) is 3.17. The number of benzene rings is 2. The highest BCUT2D eigenvalue weighted by Gasteiger charge is 2.06. The van der Waals surface area contributed by atoms with Crippen molar-refractivity contribution in [2.45, 2.75) is 6.92 Å². The number of hydrazone groups is 1. The van der Waals surface area contributed by atoms with E-state index in [1.54, 1.807) is 36.4 Å². The molecule has 0 spiro atoms. The molecule has 0 saturated carbocycles. The summed E-state index contributed by atoms with van der Waals surface area (Å²) in [5.74, 6) is 0.0974. The van der Waals surface area contributed by atoms with Gasteiger partial charge in [0.1, 0.15) is 12.4 Å². The van der Waals surface area contributed by atoms with E-state index in [0.29, 0.717) is 29.2 Å². The number of hydrogen-bond donors (Lipinski definition) is 2. The summed E-state index contributed by atoms with van der Waals surface area (Å²) < 4.78 is 6.42. The van der Waals surface area contributed by atoms with E-state index in [-0.39, 0.29) is 11.8 Å². The molecule has 0 aliphatic carbocycles. The molecular weight excluding hydrogens is 398 g/mol. The molecule has 0 aliphatic heterocycles. The fraction of sp³-hybridized carbons (Fsp3) is 0.105. The molecule has 2 rings (SSSR count). The van der Waals surface area contributed by atoms with Crippen LogP contribution in [0.3, 0.4) is 0 Å². The van der Waals surface area contributed by atoms with Crippen LogP contribution in [0.4, 0.5) is 5.69 Å². The fourth-order valence-corrected chi connectivity index (χ4v) is 2.41. The summed E-state index contributed by atoms with van der Waals surface area (Å²) in [6, 6.07) is 12.0. The number of nitrogens with one attached hydrogen (secondary N) is 2. The zero-order valence-corrected chi connectivity index (χ0v) is 15.7. The molecule has 0 heterocycles. The van der Waals surface area contributed by atoms with Crippen LogP contribution in [0.25, 0.3) is 0 Å². The molecule has 7 heteroatoms. The molecule has 0 radical (unpaired) electrons. The molecule has 134 valence electrons. The van der Waals surface area contributed by atoms with E-state index < -0.39 is 0 Å². The molecule has 2 amide bonds. The Labute approximate surface area is 160 Å². The summed E-state index contributed by atoms with van der Waals surface area (Å²) >= 11 is 3.39. The van der Waals surface area contributed by atoms with Crippen LogP contribution in [-0.4, -0.2) is 24.6 Å². The molecule has 0 aliphatic rings. The third-order valence-corrected chi connectivity index (χ3v) is 3.66. The van der Waals surface area contributed by atoms with E-state index in [1.807, 2.05) is 12.1 Å². The average molecular weight is 416 g/mol. The SMILES string of the molecule is C=CCOc1ccc(Br)cc1C=NNC(=O)c1ccc(NC(C)=O)cc1. The number of carbonyl (C=O) groups is 2. The van der Waals surface area contributed by atoms with Crippen molar-refractivity contribution in [1.82, 2.24) is 5.43 Å². The second kappa shape index (κ2) is 9.53. The molecular formula is C19H18BrN3O3. The summed E-state index contributed by atoms with van der Waals surface area (Å²) in [7, 11) is 0. The number of ether oxygens (including phenoxy) is 1. The second-order valence-electron chi connectivity index (χ2n) is 5.24. The highest BCUT2D eigenvalue weighted by molar-refractivity contribution is 9.10. The van der Waals surface area contributed by atoms with Crippen molar-refractivity contribution in [1.29, 1.82) is 0 Å². The van der Waals surface area contributed by atoms with Gasteiger partial charge in [-0.1, -0.05) is 28.6 Å². The Balaban J connectivity index is 2.03. The minimum Gasteiger partial charge on any atom is -0.489 e. The Hall–Kier alpha value is -2.93. The van der Waals surface area contributed by atoms with E-state index >= 15 is 0 Å². The topological polar surface area (TPSA) is 79.8 Å². The molecule has 2 aromatic rings. The Kier molecular flexibility index (Phi) is 7.11. The van der Waals surface area contributed by atoms with E-state index in [0.717, 1.165) is 4.47 Å². The predicted octanol–water partition coefficient (Wildman–Crippen LogP) is 3.74. The summed E-state index contributed by atoms with van der Waals surface area (Å²) in [6.07, 6.45) is 3.15. The maximum atomic E-state index is 12.1. The lowest BCUT2D eigenvalue weighted by Gasteiger charge is -2.07. The summed E-state index contributed by atoms with van der Waals surface area (Å²) in [5.41, 5.74) is 4.22. The van der Waals surface area contributed by atoms with Crippen LogP contribution in [0, 0.1) is 0 Å².